The van der Waals surface area contributed by atoms with Crippen LogP contribution >= 0.6 is 15.9 Å². The molecule has 2 aromatic carbocycles. The molecule has 7 nitrogen and oxygen atoms in total. The van der Waals surface area contributed by atoms with Crippen LogP contribution < -0.4 is 5.43 Å². The van der Waals surface area contributed by atoms with Crippen LogP contribution in [-0.2, 0) is 5.41 Å². The third kappa shape index (κ3) is 4.66. The predicted octanol–water partition coefficient (Wildman–Crippen LogP) is 4.12. The normalized spacial score (nSPS) is 11.5. The van der Waals surface area contributed by atoms with Crippen LogP contribution in [0, 0.1) is 10.1 Å². The molecule has 0 bridgehead atoms. The number of carbonyl (C=O) groups excluding carboxylic acids is 1. The molecule has 0 aliphatic carbocycles. The van der Waals surface area contributed by atoms with Gasteiger partial charge in [0.05, 0.1) is 11.1 Å². The maximum absolute atomic E-state index is 12.1. The minimum atomic E-state index is -0.702. The summed E-state index contributed by atoms with van der Waals surface area (Å²) in [4.78, 5) is 22.3. The van der Waals surface area contributed by atoms with E-state index in [9.17, 15) is 20.0 Å². The lowest BCUT2D eigenvalue weighted by atomic mass is 9.87. The van der Waals surface area contributed by atoms with Crippen molar-refractivity contribution in [3.63, 3.8) is 0 Å². The van der Waals surface area contributed by atoms with Crippen molar-refractivity contribution >= 4 is 33.7 Å². The number of amides is 1. The summed E-state index contributed by atoms with van der Waals surface area (Å²) in [6.45, 7) is 6.24. The van der Waals surface area contributed by atoms with Crippen LogP contribution in [0.5, 0.6) is 5.75 Å². The van der Waals surface area contributed by atoms with Crippen molar-refractivity contribution in [1.29, 1.82) is 0 Å². The smallest absolute Gasteiger partial charge is 0.312 e. The zero-order valence-corrected chi connectivity index (χ0v) is 16.1. The van der Waals surface area contributed by atoms with E-state index in [0.717, 1.165) is 11.8 Å². The second-order valence-electron chi connectivity index (χ2n) is 6.65. The number of halogens is 1. The molecule has 0 fully saturated rings. The zero-order valence-electron chi connectivity index (χ0n) is 14.5. The second kappa shape index (κ2) is 7.65. The number of aromatic hydroxyl groups is 1. The maximum atomic E-state index is 12.1. The van der Waals surface area contributed by atoms with Gasteiger partial charge in [-0.2, -0.15) is 5.10 Å². The van der Waals surface area contributed by atoms with Gasteiger partial charge < -0.3 is 5.11 Å². The molecule has 0 spiro atoms. The number of hydrazone groups is 1. The molecular weight excluding hydrogens is 402 g/mol. The Balaban J connectivity index is 2.13. The zero-order chi connectivity index (χ0) is 19.5. The highest BCUT2D eigenvalue weighted by Crippen LogP contribution is 2.32. The Morgan fingerprint density at radius 1 is 1.27 bits per heavy atom. The average molecular weight is 420 g/mol. The third-order valence-corrected chi connectivity index (χ3v) is 4.12. The monoisotopic (exact) mass is 419 g/mol. The van der Waals surface area contributed by atoms with Gasteiger partial charge in [-0.3, -0.25) is 14.9 Å². The van der Waals surface area contributed by atoms with Gasteiger partial charge in [-0.1, -0.05) is 48.8 Å². The van der Waals surface area contributed by atoms with Crippen molar-refractivity contribution in [3.8, 4) is 5.75 Å². The molecule has 2 N–H and O–H groups in total. The van der Waals surface area contributed by atoms with Gasteiger partial charge in [-0.25, -0.2) is 5.43 Å². The Hall–Kier alpha value is -2.74. The molecule has 0 radical (unpaired) electrons. The highest BCUT2D eigenvalue weighted by molar-refractivity contribution is 9.10. The Bertz CT molecular complexity index is 871. The van der Waals surface area contributed by atoms with Crippen LogP contribution in [0.4, 0.5) is 5.69 Å². The third-order valence-electron chi connectivity index (χ3n) is 3.66. The largest absolute Gasteiger partial charge is 0.502 e. The molecule has 0 aliphatic heterocycles. The summed E-state index contributed by atoms with van der Waals surface area (Å²) in [5, 5.41) is 24.6. The highest BCUT2D eigenvalue weighted by atomic mass is 79.9. The van der Waals surface area contributed by atoms with E-state index in [1.165, 1.54) is 12.1 Å². The number of phenolic OH excluding ortho intramolecular Hbond substituents is 1. The molecule has 0 heterocycles. The fraction of sp³-hybridized carbons (Fsp3) is 0.222. The lowest BCUT2D eigenvalue weighted by Gasteiger charge is -2.18. The van der Waals surface area contributed by atoms with Crippen LogP contribution in [0.1, 0.15) is 42.3 Å². The van der Waals surface area contributed by atoms with Gasteiger partial charge in [0, 0.05) is 21.7 Å². The number of nitro groups is 1. The van der Waals surface area contributed by atoms with Crippen molar-refractivity contribution in [2.24, 2.45) is 5.10 Å². The van der Waals surface area contributed by atoms with Crippen molar-refractivity contribution in [2.45, 2.75) is 26.2 Å². The van der Waals surface area contributed by atoms with Gasteiger partial charge in [0.25, 0.3) is 5.91 Å². The van der Waals surface area contributed by atoms with E-state index in [2.05, 4.69) is 47.2 Å². The molecule has 0 atom stereocenters. The quantitative estimate of drug-likeness (QED) is 0.441. The summed E-state index contributed by atoms with van der Waals surface area (Å²) in [5.41, 5.74) is 3.50. The van der Waals surface area contributed by atoms with E-state index in [1.807, 2.05) is 12.1 Å². The number of carbonyl (C=O) groups is 1. The first kappa shape index (κ1) is 19.6. The minimum Gasteiger partial charge on any atom is -0.502 e. The van der Waals surface area contributed by atoms with E-state index >= 15 is 0 Å². The summed E-state index contributed by atoms with van der Waals surface area (Å²) in [7, 11) is 0. The molecular formula is C18H18BrN3O4. The maximum Gasteiger partial charge on any atom is 0.312 e. The fourth-order valence-corrected chi connectivity index (χ4v) is 2.65. The van der Waals surface area contributed by atoms with E-state index < -0.39 is 22.3 Å². The summed E-state index contributed by atoms with van der Waals surface area (Å²) >= 11 is 3.13. The Morgan fingerprint density at radius 3 is 2.42 bits per heavy atom. The molecule has 136 valence electrons. The van der Waals surface area contributed by atoms with Crippen LogP contribution in [0.2, 0.25) is 0 Å². The number of nitro benzene ring substituents is 1. The number of phenols is 1. The van der Waals surface area contributed by atoms with Crippen molar-refractivity contribution < 1.29 is 14.8 Å². The van der Waals surface area contributed by atoms with E-state index in [-0.39, 0.29) is 11.0 Å². The number of rotatable bonds is 4. The molecule has 8 heteroatoms. The molecule has 2 rings (SSSR count). The molecule has 0 aromatic heterocycles. The number of hydrogen-bond acceptors (Lipinski definition) is 5. The number of nitrogens with zero attached hydrogens (tertiary/aromatic N) is 2. The van der Waals surface area contributed by atoms with Crippen LogP contribution in [-0.4, -0.2) is 22.2 Å². The van der Waals surface area contributed by atoms with Crippen molar-refractivity contribution in [1.82, 2.24) is 5.43 Å². The van der Waals surface area contributed by atoms with E-state index in [0.29, 0.717) is 10.0 Å². The lowest BCUT2D eigenvalue weighted by Crippen LogP contribution is -2.18. The number of benzene rings is 2. The first-order chi connectivity index (χ1) is 12.1. The molecule has 2 aromatic rings. The summed E-state index contributed by atoms with van der Waals surface area (Å²) in [5.74, 6) is -0.948. The van der Waals surface area contributed by atoms with Gasteiger partial charge in [0.15, 0.2) is 0 Å². The van der Waals surface area contributed by atoms with E-state index in [1.54, 1.807) is 12.1 Å². The summed E-state index contributed by atoms with van der Waals surface area (Å²) in [6.07, 6.45) is 1.15. The van der Waals surface area contributed by atoms with Crippen LogP contribution in [0.15, 0.2) is 46.0 Å². The van der Waals surface area contributed by atoms with Crippen molar-refractivity contribution in [3.05, 3.63) is 67.7 Å². The minimum absolute atomic E-state index is 0.0138. The van der Waals surface area contributed by atoms with Gasteiger partial charge >= 0.3 is 5.69 Å². The number of nitrogens with one attached hydrogen (secondary N) is 1. The van der Waals surface area contributed by atoms with Gasteiger partial charge in [0.2, 0.25) is 5.75 Å². The molecule has 1 amide bonds. The van der Waals surface area contributed by atoms with Gasteiger partial charge in [0.1, 0.15) is 0 Å². The standard InChI is InChI=1S/C18H18BrN3O4/c1-18(2,3)13-6-4-11(5-7-13)17(24)21-20-10-12-8-14(19)9-15(16(12)23)22(25)26/h4-10,23H,1-3H3,(H,21,24). The first-order valence-corrected chi connectivity index (χ1v) is 8.50. The van der Waals surface area contributed by atoms with Crippen LogP contribution in [0.25, 0.3) is 0 Å². The topological polar surface area (TPSA) is 105 Å². The Labute approximate surface area is 159 Å². The molecule has 0 unspecified atom stereocenters. The first-order valence-electron chi connectivity index (χ1n) is 7.70. The summed E-state index contributed by atoms with van der Waals surface area (Å²) in [6, 6.07) is 9.79. The Kier molecular flexibility index (Phi) is 5.76. The molecule has 0 aliphatic rings. The number of hydrogen-bond donors (Lipinski definition) is 2. The average Bonchev–Trinajstić information content (AvgIpc) is 2.56. The van der Waals surface area contributed by atoms with E-state index in [4.69, 9.17) is 0 Å². The van der Waals surface area contributed by atoms with Crippen LogP contribution in [0.3, 0.4) is 0 Å². The van der Waals surface area contributed by atoms with Crippen molar-refractivity contribution in [2.75, 3.05) is 0 Å². The predicted molar refractivity (Wildman–Crippen MR) is 103 cm³/mol. The molecule has 0 saturated heterocycles. The molecule has 26 heavy (non-hydrogen) atoms. The lowest BCUT2D eigenvalue weighted by molar-refractivity contribution is -0.385. The highest BCUT2D eigenvalue weighted by Gasteiger charge is 2.18. The second-order valence-corrected chi connectivity index (χ2v) is 7.56. The summed E-state index contributed by atoms with van der Waals surface area (Å²) < 4.78 is 0.410. The Morgan fingerprint density at radius 2 is 1.88 bits per heavy atom. The van der Waals surface area contributed by atoms with Gasteiger partial charge in [-0.15, -0.1) is 0 Å². The van der Waals surface area contributed by atoms with Gasteiger partial charge in [-0.05, 0) is 29.2 Å². The SMILES string of the molecule is CC(C)(C)c1ccc(C(=O)NN=Cc2cc(Br)cc([N+](=O)[O-])c2O)cc1. The molecule has 0 saturated carbocycles. The fourth-order valence-electron chi connectivity index (χ4n) is 2.19.